The van der Waals surface area contributed by atoms with Crippen LogP contribution < -0.4 is 10.1 Å². The van der Waals surface area contributed by atoms with Gasteiger partial charge >= 0.3 is 0 Å². The van der Waals surface area contributed by atoms with Crippen LogP contribution in [0.5, 0.6) is 5.75 Å². The maximum absolute atomic E-state index is 13.0. The number of nitrogens with one attached hydrogen (secondary N) is 1. The highest BCUT2D eigenvalue weighted by Crippen LogP contribution is 2.21. The monoisotopic (exact) mass is 273 g/mol. The van der Waals surface area contributed by atoms with Crippen LogP contribution in [0, 0.1) is 5.82 Å². The van der Waals surface area contributed by atoms with Gasteiger partial charge in [-0.2, -0.15) is 0 Å². The third-order valence-electron chi connectivity index (χ3n) is 3.30. The minimum Gasteiger partial charge on any atom is -0.497 e. The molecule has 0 heterocycles. The first-order valence-corrected chi connectivity index (χ1v) is 6.84. The van der Waals surface area contributed by atoms with E-state index in [1.54, 1.807) is 7.11 Å². The van der Waals surface area contributed by atoms with Gasteiger partial charge in [-0.1, -0.05) is 31.2 Å². The molecule has 3 heteroatoms. The predicted molar refractivity (Wildman–Crippen MR) is 79.5 cm³/mol. The second-order valence-electron chi connectivity index (χ2n) is 4.72. The van der Waals surface area contributed by atoms with Gasteiger partial charge in [0.25, 0.3) is 0 Å². The molecule has 0 radical (unpaired) electrons. The fraction of sp³-hybridized carbons (Fsp3) is 0.294. The molecule has 1 N–H and O–H groups in total. The van der Waals surface area contributed by atoms with E-state index in [9.17, 15) is 4.39 Å². The summed E-state index contributed by atoms with van der Waals surface area (Å²) in [5.41, 5.74) is 2.29. The number of hydrogen-bond donors (Lipinski definition) is 1. The van der Waals surface area contributed by atoms with Crippen LogP contribution in [0.3, 0.4) is 0 Å². The Morgan fingerprint density at radius 3 is 2.55 bits per heavy atom. The summed E-state index contributed by atoms with van der Waals surface area (Å²) >= 11 is 0. The molecule has 1 atom stereocenters. The average Bonchev–Trinajstić information content (AvgIpc) is 2.48. The van der Waals surface area contributed by atoms with Crippen LogP contribution in [0.15, 0.2) is 48.5 Å². The maximum Gasteiger partial charge on any atom is 0.123 e. The van der Waals surface area contributed by atoms with Crippen LogP contribution in [-0.4, -0.2) is 13.7 Å². The van der Waals surface area contributed by atoms with Crippen molar-refractivity contribution in [2.45, 2.75) is 19.4 Å². The first kappa shape index (κ1) is 14.5. The molecule has 0 saturated carbocycles. The summed E-state index contributed by atoms with van der Waals surface area (Å²) < 4.78 is 18.3. The summed E-state index contributed by atoms with van der Waals surface area (Å²) in [6, 6.07) is 14.9. The molecule has 20 heavy (non-hydrogen) atoms. The van der Waals surface area contributed by atoms with Gasteiger partial charge in [0, 0.05) is 6.04 Å². The van der Waals surface area contributed by atoms with Gasteiger partial charge in [-0.25, -0.2) is 4.39 Å². The lowest BCUT2D eigenvalue weighted by atomic mass is 9.98. The van der Waals surface area contributed by atoms with E-state index in [0.717, 1.165) is 24.3 Å². The van der Waals surface area contributed by atoms with Gasteiger partial charge in [0.15, 0.2) is 0 Å². The third kappa shape index (κ3) is 3.81. The van der Waals surface area contributed by atoms with Crippen molar-refractivity contribution in [1.82, 2.24) is 5.32 Å². The number of rotatable bonds is 6. The lowest BCUT2D eigenvalue weighted by molar-refractivity contribution is 0.414. The first-order valence-electron chi connectivity index (χ1n) is 6.84. The van der Waals surface area contributed by atoms with E-state index in [4.69, 9.17) is 4.74 Å². The fourth-order valence-corrected chi connectivity index (χ4v) is 2.28. The van der Waals surface area contributed by atoms with Crippen molar-refractivity contribution in [3.05, 3.63) is 65.5 Å². The zero-order valence-electron chi connectivity index (χ0n) is 11.9. The third-order valence-corrected chi connectivity index (χ3v) is 3.30. The van der Waals surface area contributed by atoms with Crippen molar-refractivity contribution in [2.24, 2.45) is 0 Å². The Kier molecular flexibility index (Phi) is 5.13. The first-order chi connectivity index (χ1) is 9.72. The lowest BCUT2D eigenvalue weighted by Crippen LogP contribution is -2.22. The van der Waals surface area contributed by atoms with Gasteiger partial charge in [0.05, 0.1) is 7.11 Å². The van der Waals surface area contributed by atoms with Crippen molar-refractivity contribution in [3.63, 3.8) is 0 Å². The molecule has 0 saturated heterocycles. The van der Waals surface area contributed by atoms with Crippen LogP contribution in [0.25, 0.3) is 0 Å². The quantitative estimate of drug-likeness (QED) is 0.866. The molecule has 0 spiro atoms. The minimum absolute atomic E-state index is 0.174. The summed E-state index contributed by atoms with van der Waals surface area (Å²) in [5, 5.41) is 3.44. The Morgan fingerprint density at radius 2 is 1.90 bits per heavy atom. The molecule has 106 valence electrons. The highest BCUT2D eigenvalue weighted by atomic mass is 19.1. The van der Waals surface area contributed by atoms with Gasteiger partial charge in [-0.3, -0.25) is 0 Å². The maximum atomic E-state index is 13.0. The summed E-state index contributed by atoms with van der Waals surface area (Å²) in [5.74, 6) is 0.655. The Balaban J connectivity index is 2.18. The Hall–Kier alpha value is -1.87. The summed E-state index contributed by atoms with van der Waals surface area (Å²) in [7, 11) is 1.67. The van der Waals surface area contributed by atoms with Gasteiger partial charge in [0.2, 0.25) is 0 Å². The molecule has 2 aromatic carbocycles. The highest BCUT2D eigenvalue weighted by molar-refractivity contribution is 5.30. The van der Waals surface area contributed by atoms with Gasteiger partial charge in [0.1, 0.15) is 11.6 Å². The minimum atomic E-state index is -0.203. The van der Waals surface area contributed by atoms with E-state index in [-0.39, 0.29) is 11.9 Å². The molecule has 1 unspecified atom stereocenters. The second-order valence-corrected chi connectivity index (χ2v) is 4.72. The van der Waals surface area contributed by atoms with E-state index in [0.29, 0.717) is 0 Å². The zero-order chi connectivity index (χ0) is 14.4. The molecule has 2 aromatic rings. The lowest BCUT2D eigenvalue weighted by Gasteiger charge is -2.19. The summed E-state index contributed by atoms with van der Waals surface area (Å²) in [6.07, 6.45) is 0.844. The van der Waals surface area contributed by atoms with Crippen LogP contribution >= 0.6 is 0 Å². The molecule has 0 amide bonds. The van der Waals surface area contributed by atoms with Crippen molar-refractivity contribution >= 4 is 0 Å². The van der Waals surface area contributed by atoms with E-state index in [2.05, 4.69) is 18.3 Å². The molecule has 0 bridgehead atoms. The predicted octanol–water partition coefficient (Wildman–Crippen LogP) is 3.73. The largest absolute Gasteiger partial charge is 0.497 e. The van der Waals surface area contributed by atoms with Crippen LogP contribution in [0.2, 0.25) is 0 Å². The highest BCUT2D eigenvalue weighted by Gasteiger charge is 2.11. The molecular weight excluding hydrogens is 253 g/mol. The van der Waals surface area contributed by atoms with Crippen molar-refractivity contribution in [3.8, 4) is 5.75 Å². The number of hydrogen-bond acceptors (Lipinski definition) is 2. The topological polar surface area (TPSA) is 21.3 Å². The van der Waals surface area contributed by atoms with E-state index in [1.807, 2.05) is 30.3 Å². The van der Waals surface area contributed by atoms with E-state index >= 15 is 0 Å². The standard InChI is InChI=1S/C17H20FNO/c1-3-19-17(14-7-9-15(18)10-8-14)12-13-5-4-6-16(11-13)20-2/h4-11,17,19H,3,12H2,1-2H3. The summed E-state index contributed by atoms with van der Waals surface area (Å²) in [4.78, 5) is 0. The number of methoxy groups -OCH3 is 1. The molecule has 0 aliphatic heterocycles. The Morgan fingerprint density at radius 1 is 1.15 bits per heavy atom. The van der Waals surface area contributed by atoms with Gasteiger partial charge in [-0.05, 0) is 48.4 Å². The van der Waals surface area contributed by atoms with Gasteiger partial charge < -0.3 is 10.1 Å². The fourth-order valence-electron chi connectivity index (χ4n) is 2.28. The zero-order valence-corrected chi connectivity index (χ0v) is 11.9. The molecule has 0 aromatic heterocycles. The van der Waals surface area contributed by atoms with Crippen molar-refractivity contribution in [1.29, 1.82) is 0 Å². The second kappa shape index (κ2) is 7.06. The van der Waals surface area contributed by atoms with Crippen molar-refractivity contribution in [2.75, 3.05) is 13.7 Å². The Bertz CT molecular complexity index is 539. The molecule has 0 fully saturated rings. The van der Waals surface area contributed by atoms with Gasteiger partial charge in [-0.15, -0.1) is 0 Å². The average molecular weight is 273 g/mol. The molecule has 0 aliphatic carbocycles. The number of halogens is 1. The van der Waals surface area contributed by atoms with Crippen LogP contribution in [0.4, 0.5) is 4.39 Å². The number of benzene rings is 2. The number of ether oxygens (including phenoxy) is 1. The molecule has 0 aliphatic rings. The molecular formula is C17H20FNO. The SMILES string of the molecule is CCNC(Cc1cccc(OC)c1)c1ccc(F)cc1. The smallest absolute Gasteiger partial charge is 0.123 e. The molecule has 2 nitrogen and oxygen atoms in total. The van der Waals surface area contributed by atoms with Crippen LogP contribution in [0.1, 0.15) is 24.1 Å². The van der Waals surface area contributed by atoms with Crippen LogP contribution in [-0.2, 0) is 6.42 Å². The summed E-state index contributed by atoms with van der Waals surface area (Å²) in [6.45, 7) is 2.94. The Labute approximate surface area is 119 Å². The van der Waals surface area contributed by atoms with E-state index in [1.165, 1.54) is 17.7 Å². The normalized spacial score (nSPS) is 12.2. The molecule has 2 rings (SSSR count). The number of likely N-dealkylation sites (N-methyl/N-ethyl adjacent to an activating group) is 1. The van der Waals surface area contributed by atoms with E-state index < -0.39 is 0 Å². The van der Waals surface area contributed by atoms with Crippen molar-refractivity contribution < 1.29 is 9.13 Å².